The summed E-state index contributed by atoms with van der Waals surface area (Å²) in [5, 5.41) is 0. The maximum Gasteiger partial charge on any atom is 0.139 e. The van der Waals surface area contributed by atoms with Crippen LogP contribution in [0, 0.1) is 25.7 Å². The van der Waals surface area contributed by atoms with Gasteiger partial charge < -0.3 is 8.97 Å². The molecule has 4 heterocycles. The van der Waals surface area contributed by atoms with Crippen LogP contribution in [0.1, 0.15) is 51.1 Å². The van der Waals surface area contributed by atoms with Crippen LogP contribution in [0.5, 0.6) is 0 Å². The average molecular weight is 341 g/mol. The first-order chi connectivity index (χ1) is 12.1. The molecule has 0 bridgehead atoms. The molecule has 0 fully saturated rings. The van der Waals surface area contributed by atoms with Gasteiger partial charge in [-0.05, 0) is 49.3 Å². The first-order valence-corrected chi connectivity index (χ1v) is 9.45. The molecule has 0 aromatic carbocycles. The van der Waals surface area contributed by atoms with Gasteiger partial charge in [0.05, 0.1) is 0 Å². The number of rotatable bonds is 1. The third-order valence-electron chi connectivity index (χ3n) is 5.01. The molecule has 0 N–H and O–H groups in total. The molecule has 3 aromatic heterocycles. The number of fused-ring (bicyclic) bond motifs is 2. The van der Waals surface area contributed by atoms with Crippen molar-refractivity contribution >= 4 is 5.65 Å². The van der Waals surface area contributed by atoms with Crippen molar-refractivity contribution < 1.29 is 0 Å². The fourth-order valence-corrected chi connectivity index (χ4v) is 3.16. The second-order valence-corrected chi connectivity index (χ2v) is 6.82. The van der Waals surface area contributed by atoms with E-state index in [0.717, 1.165) is 24.0 Å². The number of aromatic nitrogens is 4. The van der Waals surface area contributed by atoms with Crippen molar-refractivity contribution in [3.63, 3.8) is 0 Å². The maximum absolute atomic E-state index is 4.35. The van der Waals surface area contributed by atoms with Gasteiger partial charge >= 0.3 is 0 Å². The Bertz CT molecular complexity index is 782. The smallest absolute Gasteiger partial charge is 0.139 e. The molecule has 1 unspecified atom stereocenters. The molecule has 4 nitrogen and oxygen atoms in total. The standard InChI is InChI=1S/C10H16N2.C9H10N2.C2H6/c1-8(2)9-3-5-12-6-4-11-10(12)7-9;1-7-3-5-11-6-4-10-9(11)8(7)2;1-2/h4,6,8-9H,3,5,7H2,1-2H3;3-6H,1-2H3;1-2H3. The molecule has 1 aliphatic heterocycles. The van der Waals surface area contributed by atoms with Gasteiger partial charge in [-0.25, -0.2) is 9.97 Å². The summed E-state index contributed by atoms with van der Waals surface area (Å²) < 4.78 is 4.31. The number of nitrogens with zero attached hydrogens (tertiary/aromatic N) is 4. The summed E-state index contributed by atoms with van der Waals surface area (Å²) in [6.45, 7) is 14.0. The minimum absolute atomic E-state index is 0.801. The zero-order chi connectivity index (χ0) is 18.4. The molecule has 1 atom stereocenters. The van der Waals surface area contributed by atoms with Crippen LogP contribution in [0.15, 0.2) is 37.1 Å². The van der Waals surface area contributed by atoms with Gasteiger partial charge in [-0.3, -0.25) is 0 Å². The Morgan fingerprint density at radius 1 is 1.04 bits per heavy atom. The Kier molecular flexibility index (Phi) is 6.80. The van der Waals surface area contributed by atoms with E-state index in [1.165, 1.54) is 29.8 Å². The van der Waals surface area contributed by atoms with E-state index in [2.05, 4.69) is 54.5 Å². The van der Waals surface area contributed by atoms with Crippen LogP contribution in [0.2, 0.25) is 0 Å². The van der Waals surface area contributed by atoms with Gasteiger partial charge in [0.1, 0.15) is 11.5 Å². The summed E-state index contributed by atoms with van der Waals surface area (Å²) in [5.74, 6) is 2.93. The first kappa shape index (κ1) is 19.2. The summed E-state index contributed by atoms with van der Waals surface area (Å²) in [5.41, 5.74) is 3.62. The van der Waals surface area contributed by atoms with Crippen molar-refractivity contribution in [2.75, 3.05) is 0 Å². The van der Waals surface area contributed by atoms with E-state index >= 15 is 0 Å². The summed E-state index contributed by atoms with van der Waals surface area (Å²) in [7, 11) is 0. The van der Waals surface area contributed by atoms with Crippen molar-refractivity contribution in [3.05, 3.63) is 54.0 Å². The monoisotopic (exact) mass is 340 g/mol. The summed E-state index contributed by atoms with van der Waals surface area (Å²) in [6.07, 6.45) is 12.3. The zero-order valence-electron chi connectivity index (χ0n) is 16.5. The van der Waals surface area contributed by atoms with Gasteiger partial charge in [0.25, 0.3) is 0 Å². The predicted molar refractivity (Wildman–Crippen MR) is 105 cm³/mol. The van der Waals surface area contributed by atoms with E-state index < -0.39 is 0 Å². The number of pyridine rings is 1. The van der Waals surface area contributed by atoms with Gasteiger partial charge in [0.15, 0.2) is 0 Å². The Labute approximate surface area is 151 Å². The summed E-state index contributed by atoms with van der Waals surface area (Å²) >= 11 is 0. The lowest BCUT2D eigenvalue weighted by Gasteiger charge is -2.26. The predicted octanol–water partition coefficient (Wildman–Crippen LogP) is 5.08. The van der Waals surface area contributed by atoms with Crippen LogP contribution in [0.25, 0.3) is 5.65 Å². The normalized spacial score (nSPS) is 15.9. The quantitative estimate of drug-likeness (QED) is 0.619. The molecule has 0 amide bonds. The third kappa shape index (κ3) is 4.50. The van der Waals surface area contributed by atoms with Gasteiger partial charge in [0, 0.05) is 43.9 Å². The molecular formula is C21H32N4. The molecule has 3 aromatic rings. The van der Waals surface area contributed by atoms with Crippen molar-refractivity contribution in [2.24, 2.45) is 11.8 Å². The van der Waals surface area contributed by atoms with E-state index in [4.69, 9.17) is 0 Å². The topological polar surface area (TPSA) is 35.1 Å². The molecule has 0 spiro atoms. The van der Waals surface area contributed by atoms with Crippen molar-refractivity contribution in [2.45, 2.75) is 60.9 Å². The lowest BCUT2D eigenvalue weighted by Crippen LogP contribution is -2.22. The molecule has 25 heavy (non-hydrogen) atoms. The van der Waals surface area contributed by atoms with E-state index in [1.807, 2.05) is 43.0 Å². The van der Waals surface area contributed by atoms with Gasteiger partial charge in [-0.1, -0.05) is 27.7 Å². The zero-order valence-corrected chi connectivity index (χ0v) is 16.5. The minimum atomic E-state index is 0.801. The van der Waals surface area contributed by atoms with Gasteiger partial charge in [-0.2, -0.15) is 0 Å². The molecule has 0 aliphatic carbocycles. The van der Waals surface area contributed by atoms with E-state index in [-0.39, 0.29) is 0 Å². The number of hydrogen-bond acceptors (Lipinski definition) is 2. The Morgan fingerprint density at radius 3 is 2.48 bits per heavy atom. The van der Waals surface area contributed by atoms with Crippen LogP contribution < -0.4 is 0 Å². The van der Waals surface area contributed by atoms with Crippen molar-refractivity contribution in [1.29, 1.82) is 0 Å². The van der Waals surface area contributed by atoms with E-state index in [1.54, 1.807) is 0 Å². The highest BCUT2D eigenvalue weighted by Crippen LogP contribution is 2.25. The molecule has 1 aliphatic rings. The second-order valence-electron chi connectivity index (χ2n) is 6.82. The molecule has 4 heteroatoms. The molecule has 136 valence electrons. The van der Waals surface area contributed by atoms with E-state index in [9.17, 15) is 0 Å². The molecule has 4 rings (SSSR count). The van der Waals surface area contributed by atoms with Crippen LogP contribution in [-0.2, 0) is 13.0 Å². The molecule has 0 saturated heterocycles. The highest BCUT2D eigenvalue weighted by Gasteiger charge is 2.21. The third-order valence-corrected chi connectivity index (χ3v) is 5.01. The van der Waals surface area contributed by atoms with Crippen LogP contribution in [0.3, 0.4) is 0 Å². The van der Waals surface area contributed by atoms with E-state index in [0.29, 0.717) is 0 Å². The summed E-state index contributed by atoms with van der Waals surface area (Å²) in [4.78, 5) is 8.59. The highest BCUT2D eigenvalue weighted by atomic mass is 15.1. The Hall–Kier alpha value is -2.10. The fourth-order valence-electron chi connectivity index (χ4n) is 3.16. The molecule has 0 radical (unpaired) electrons. The largest absolute Gasteiger partial charge is 0.335 e. The van der Waals surface area contributed by atoms with Crippen LogP contribution in [-0.4, -0.2) is 18.9 Å². The van der Waals surface area contributed by atoms with Crippen LogP contribution >= 0.6 is 0 Å². The lowest BCUT2D eigenvalue weighted by atomic mass is 9.87. The van der Waals surface area contributed by atoms with Crippen LogP contribution in [0.4, 0.5) is 0 Å². The summed E-state index contributed by atoms with van der Waals surface area (Å²) in [6, 6.07) is 2.10. The average Bonchev–Trinajstić information content (AvgIpc) is 3.29. The lowest BCUT2D eigenvalue weighted by molar-refractivity contribution is 0.298. The van der Waals surface area contributed by atoms with Crippen molar-refractivity contribution in [1.82, 2.24) is 18.9 Å². The maximum atomic E-state index is 4.35. The Morgan fingerprint density at radius 2 is 1.76 bits per heavy atom. The fraction of sp³-hybridized carbons (Fsp3) is 0.524. The second kappa shape index (κ2) is 8.84. The number of hydrogen-bond donors (Lipinski definition) is 0. The first-order valence-electron chi connectivity index (χ1n) is 9.45. The molecular weight excluding hydrogens is 308 g/mol. The number of aryl methyl sites for hydroxylation is 3. The highest BCUT2D eigenvalue weighted by molar-refractivity contribution is 5.50. The Balaban J connectivity index is 0.000000165. The number of imidazole rings is 2. The van der Waals surface area contributed by atoms with Crippen molar-refractivity contribution in [3.8, 4) is 0 Å². The van der Waals surface area contributed by atoms with Gasteiger partial charge in [0.2, 0.25) is 0 Å². The minimum Gasteiger partial charge on any atom is -0.335 e. The molecule has 0 saturated carbocycles. The van der Waals surface area contributed by atoms with Gasteiger partial charge in [-0.15, -0.1) is 0 Å². The SMILES string of the molecule is CC.CC(C)C1CCn2ccnc2C1.Cc1ccn2ccnc2c1C.